The maximum Gasteiger partial charge on any atom is 0.265 e. The second kappa shape index (κ2) is 5.09. The Morgan fingerprint density at radius 1 is 1.47 bits per heavy atom. The highest BCUT2D eigenvalue weighted by molar-refractivity contribution is 7.17. The lowest BCUT2D eigenvalue weighted by Gasteiger charge is -2.12. The van der Waals surface area contributed by atoms with E-state index in [0.717, 1.165) is 25.9 Å². The molecule has 0 radical (unpaired) electrons. The lowest BCUT2D eigenvalue weighted by Crippen LogP contribution is -2.26. The molecule has 2 heterocycles. The van der Waals surface area contributed by atoms with E-state index in [2.05, 4.69) is 16.9 Å². The molecular weight excluding hydrogens is 238 g/mol. The minimum absolute atomic E-state index is 0.000831. The molecule has 1 aromatic heterocycles. The van der Waals surface area contributed by atoms with Gasteiger partial charge in [0.2, 0.25) is 5.91 Å². The van der Waals surface area contributed by atoms with Gasteiger partial charge in [-0.25, -0.2) is 4.98 Å². The lowest BCUT2D eigenvalue weighted by molar-refractivity contribution is -0.111. The zero-order valence-corrected chi connectivity index (χ0v) is 10.1. The van der Waals surface area contributed by atoms with Gasteiger partial charge in [-0.1, -0.05) is 17.9 Å². The highest BCUT2D eigenvalue weighted by atomic mass is 32.1. The normalized spacial score (nSPS) is 14.7. The molecule has 0 spiro atoms. The van der Waals surface area contributed by atoms with Gasteiger partial charge >= 0.3 is 0 Å². The third-order valence-electron chi connectivity index (χ3n) is 2.53. The maximum atomic E-state index is 12.0. The number of hydrogen-bond donors (Lipinski definition) is 1. The molecule has 1 saturated heterocycles. The van der Waals surface area contributed by atoms with Gasteiger partial charge in [0.25, 0.3) is 5.91 Å². The Morgan fingerprint density at radius 2 is 2.18 bits per heavy atom. The molecule has 1 fully saturated rings. The van der Waals surface area contributed by atoms with Crippen molar-refractivity contribution >= 4 is 28.3 Å². The molecule has 90 valence electrons. The van der Waals surface area contributed by atoms with Gasteiger partial charge in [-0.05, 0) is 18.9 Å². The van der Waals surface area contributed by atoms with Crippen LogP contribution in [-0.2, 0) is 4.79 Å². The average molecular weight is 251 g/mol. The first-order valence-corrected chi connectivity index (χ1v) is 6.21. The number of hydrogen-bond acceptors (Lipinski definition) is 4. The van der Waals surface area contributed by atoms with E-state index >= 15 is 0 Å². The first-order valence-electron chi connectivity index (χ1n) is 5.39. The molecule has 1 aromatic rings. The summed E-state index contributed by atoms with van der Waals surface area (Å²) < 4.78 is 0. The number of thiazole rings is 1. The van der Waals surface area contributed by atoms with E-state index in [1.54, 1.807) is 0 Å². The van der Waals surface area contributed by atoms with E-state index < -0.39 is 0 Å². The largest absolute Gasteiger partial charge is 0.338 e. The van der Waals surface area contributed by atoms with Gasteiger partial charge in [0.05, 0.1) is 6.20 Å². The molecule has 5 nitrogen and oxygen atoms in total. The Morgan fingerprint density at radius 3 is 2.82 bits per heavy atom. The second-order valence-electron chi connectivity index (χ2n) is 3.72. The van der Waals surface area contributed by atoms with Crippen LogP contribution in [0, 0.1) is 0 Å². The predicted molar refractivity (Wildman–Crippen MR) is 66.1 cm³/mol. The summed E-state index contributed by atoms with van der Waals surface area (Å²) in [6.45, 7) is 4.97. The first-order chi connectivity index (χ1) is 8.20. The van der Waals surface area contributed by atoms with Crippen LogP contribution in [0.25, 0.3) is 0 Å². The Balaban J connectivity index is 2.04. The van der Waals surface area contributed by atoms with Gasteiger partial charge in [0.1, 0.15) is 4.88 Å². The van der Waals surface area contributed by atoms with Crippen LogP contribution in [0.4, 0.5) is 5.13 Å². The summed E-state index contributed by atoms with van der Waals surface area (Å²) in [5, 5.41) is 2.97. The van der Waals surface area contributed by atoms with Crippen molar-refractivity contribution in [2.45, 2.75) is 12.8 Å². The SMILES string of the molecule is C=CC(=O)Nc1ncc(C(=O)N2CCCC2)s1. The van der Waals surface area contributed by atoms with Crippen molar-refractivity contribution < 1.29 is 9.59 Å². The predicted octanol–water partition coefficient (Wildman–Crippen LogP) is 1.50. The van der Waals surface area contributed by atoms with E-state index in [1.807, 2.05) is 4.90 Å². The molecule has 1 N–H and O–H groups in total. The summed E-state index contributed by atoms with van der Waals surface area (Å²) in [7, 11) is 0. The van der Waals surface area contributed by atoms with Gasteiger partial charge in [-0.3, -0.25) is 14.9 Å². The number of carbonyl (C=O) groups excluding carboxylic acids is 2. The van der Waals surface area contributed by atoms with Crippen molar-refractivity contribution in [2.24, 2.45) is 0 Å². The van der Waals surface area contributed by atoms with Crippen molar-refractivity contribution in [1.82, 2.24) is 9.88 Å². The van der Waals surface area contributed by atoms with Crippen molar-refractivity contribution in [3.8, 4) is 0 Å². The highest BCUT2D eigenvalue weighted by Crippen LogP contribution is 2.21. The Kier molecular flexibility index (Phi) is 3.53. The first kappa shape index (κ1) is 11.8. The van der Waals surface area contributed by atoms with Gasteiger partial charge in [0, 0.05) is 13.1 Å². The Hall–Kier alpha value is -1.69. The molecule has 0 bridgehead atoms. The third-order valence-corrected chi connectivity index (χ3v) is 3.43. The fourth-order valence-corrected chi connectivity index (χ4v) is 2.45. The molecule has 6 heteroatoms. The zero-order valence-electron chi connectivity index (χ0n) is 9.31. The summed E-state index contributed by atoms with van der Waals surface area (Å²) in [5.41, 5.74) is 0. The van der Waals surface area contributed by atoms with E-state index in [-0.39, 0.29) is 11.8 Å². The average Bonchev–Trinajstić information content (AvgIpc) is 2.98. The van der Waals surface area contributed by atoms with Crippen LogP contribution in [-0.4, -0.2) is 34.8 Å². The molecule has 1 aliphatic rings. The molecular formula is C11H13N3O2S. The number of rotatable bonds is 3. The number of anilines is 1. The van der Waals surface area contributed by atoms with Crippen molar-refractivity contribution in [1.29, 1.82) is 0 Å². The summed E-state index contributed by atoms with van der Waals surface area (Å²) in [6, 6.07) is 0. The van der Waals surface area contributed by atoms with Gasteiger partial charge in [-0.15, -0.1) is 0 Å². The number of likely N-dealkylation sites (tertiary alicyclic amines) is 1. The molecule has 17 heavy (non-hydrogen) atoms. The Bertz CT molecular complexity index is 449. The summed E-state index contributed by atoms with van der Waals surface area (Å²) in [4.78, 5) is 29.4. The van der Waals surface area contributed by atoms with E-state index in [1.165, 1.54) is 23.6 Å². The van der Waals surface area contributed by atoms with Gasteiger partial charge < -0.3 is 4.90 Å². The topological polar surface area (TPSA) is 62.3 Å². The number of nitrogens with zero attached hydrogens (tertiary/aromatic N) is 2. The summed E-state index contributed by atoms with van der Waals surface area (Å²) >= 11 is 1.19. The van der Waals surface area contributed by atoms with E-state index in [4.69, 9.17) is 0 Å². The summed E-state index contributed by atoms with van der Waals surface area (Å²) in [6.07, 6.45) is 4.79. The second-order valence-corrected chi connectivity index (χ2v) is 4.75. The number of amides is 2. The monoisotopic (exact) mass is 251 g/mol. The van der Waals surface area contributed by atoms with E-state index in [0.29, 0.717) is 10.0 Å². The van der Waals surface area contributed by atoms with Crippen molar-refractivity contribution in [2.75, 3.05) is 18.4 Å². The fourth-order valence-electron chi connectivity index (χ4n) is 1.66. The van der Waals surface area contributed by atoms with Gasteiger partial charge in [-0.2, -0.15) is 0 Å². The minimum atomic E-state index is -0.320. The lowest BCUT2D eigenvalue weighted by atomic mass is 10.4. The molecule has 1 aliphatic heterocycles. The smallest absolute Gasteiger partial charge is 0.265 e. The molecule has 2 rings (SSSR count). The van der Waals surface area contributed by atoms with Crippen LogP contribution < -0.4 is 5.32 Å². The minimum Gasteiger partial charge on any atom is -0.338 e. The third kappa shape index (κ3) is 2.71. The van der Waals surface area contributed by atoms with Crippen LogP contribution >= 0.6 is 11.3 Å². The van der Waals surface area contributed by atoms with Crippen molar-refractivity contribution in [3.63, 3.8) is 0 Å². The number of aromatic nitrogens is 1. The quantitative estimate of drug-likeness (QED) is 0.828. The van der Waals surface area contributed by atoms with Crippen LogP contribution in [0.1, 0.15) is 22.5 Å². The molecule has 0 unspecified atom stereocenters. The van der Waals surface area contributed by atoms with E-state index in [9.17, 15) is 9.59 Å². The zero-order chi connectivity index (χ0) is 12.3. The maximum absolute atomic E-state index is 12.0. The molecule has 2 amide bonds. The molecule has 0 atom stereocenters. The van der Waals surface area contributed by atoms with Crippen LogP contribution in [0.2, 0.25) is 0 Å². The number of nitrogens with one attached hydrogen (secondary N) is 1. The van der Waals surface area contributed by atoms with Gasteiger partial charge in [0.15, 0.2) is 5.13 Å². The number of carbonyl (C=O) groups is 2. The standard InChI is InChI=1S/C11H13N3O2S/c1-2-9(15)13-11-12-7-8(17-11)10(16)14-5-3-4-6-14/h2,7H,1,3-6H2,(H,12,13,15). The molecule has 0 aromatic carbocycles. The molecule has 0 saturated carbocycles. The van der Waals surface area contributed by atoms with Crippen molar-refractivity contribution in [3.05, 3.63) is 23.7 Å². The molecule has 0 aliphatic carbocycles. The highest BCUT2D eigenvalue weighted by Gasteiger charge is 2.21. The van der Waals surface area contributed by atoms with Crippen LogP contribution in [0.15, 0.2) is 18.9 Å². The summed E-state index contributed by atoms with van der Waals surface area (Å²) in [5.74, 6) is -0.321. The fraction of sp³-hybridized carbons (Fsp3) is 0.364. The Labute approximate surface area is 103 Å². The van der Waals surface area contributed by atoms with Crippen LogP contribution in [0.5, 0.6) is 0 Å². The van der Waals surface area contributed by atoms with Crippen LogP contribution in [0.3, 0.4) is 0 Å².